The van der Waals surface area contributed by atoms with E-state index in [9.17, 15) is 0 Å². The van der Waals surface area contributed by atoms with Crippen LogP contribution in [0.1, 0.15) is 19.3 Å². The molecule has 3 rings (SSSR count). The zero-order valence-electron chi connectivity index (χ0n) is 11.2. The summed E-state index contributed by atoms with van der Waals surface area (Å²) in [5, 5.41) is 3.38. The van der Waals surface area contributed by atoms with Crippen molar-refractivity contribution in [1.82, 2.24) is 10.4 Å². The molecule has 4 heteroatoms. The predicted octanol–water partition coefficient (Wildman–Crippen LogP) is 2.74. The highest BCUT2D eigenvalue weighted by Gasteiger charge is 2.13. The van der Waals surface area contributed by atoms with Crippen LogP contribution < -0.4 is 15.2 Å². The molecule has 0 radical (unpaired) electrons. The molecule has 0 atom stereocenters. The van der Waals surface area contributed by atoms with E-state index in [4.69, 9.17) is 4.74 Å². The molecule has 0 saturated carbocycles. The van der Waals surface area contributed by atoms with Crippen LogP contribution in [0.4, 0.5) is 5.69 Å². The fourth-order valence-corrected chi connectivity index (χ4v) is 2.54. The summed E-state index contributed by atoms with van der Waals surface area (Å²) in [6.07, 6.45) is 5.62. The number of fused-ring (bicyclic) bond motifs is 1. The van der Waals surface area contributed by atoms with Gasteiger partial charge in [-0.3, -0.25) is 4.98 Å². The van der Waals surface area contributed by atoms with Gasteiger partial charge in [-0.25, -0.2) is 5.43 Å². The van der Waals surface area contributed by atoms with Gasteiger partial charge < -0.3 is 9.75 Å². The van der Waals surface area contributed by atoms with Crippen molar-refractivity contribution in [3.8, 4) is 5.75 Å². The van der Waals surface area contributed by atoms with Gasteiger partial charge in [0.2, 0.25) is 0 Å². The number of benzene rings is 1. The van der Waals surface area contributed by atoms with Crippen LogP contribution in [0.15, 0.2) is 30.5 Å². The summed E-state index contributed by atoms with van der Waals surface area (Å²) in [7, 11) is 1.70. The van der Waals surface area contributed by atoms with Crippen molar-refractivity contribution < 1.29 is 4.74 Å². The Bertz CT molecular complexity index is 562. The Balaban J connectivity index is 2.05. The smallest absolute Gasteiger partial charge is 0.119 e. The highest BCUT2D eigenvalue weighted by Crippen LogP contribution is 2.28. The maximum atomic E-state index is 5.32. The molecule has 1 fully saturated rings. The number of nitrogens with one attached hydrogen (secondary N) is 1. The average molecular weight is 257 g/mol. The Labute approximate surface area is 113 Å². The van der Waals surface area contributed by atoms with E-state index >= 15 is 0 Å². The largest absolute Gasteiger partial charge is 0.497 e. The highest BCUT2D eigenvalue weighted by atomic mass is 16.5. The predicted molar refractivity (Wildman–Crippen MR) is 77.5 cm³/mol. The minimum absolute atomic E-state index is 0.872. The number of nitrogens with zero attached hydrogens (tertiary/aromatic N) is 2. The third kappa shape index (κ3) is 2.49. The number of anilines is 1. The van der Waals surface area contributed by atoms with Gasteiger partial charge >= 0.3 is 0 Å². The molecule has 1 aromatic carbocycles. The van der Waals surface area contributed by atoms with Gasteiger partial charge in [0.25, 0.3) is 0 Å². The Morgan fingerprint density at radius 3 is 3.05 bits per heavy atom. The zero-order chi connectivity index (χ0) is 13.1. The first kappa shape index (κ1) is 12.2. The summed E-state index contributed by atoms with van der Waals surface area (Å²) in [6, 6.07) is 8.09. The molecule has 1 N–H and O–H groups in total. The summed E-state index contributed by atoms with van der Waals surface area (Å²) < 4.78 is 5.32. The molecule has 1 aliphatic rings. The Kier molecular flexibility index (Phi) is 3.51. The van der Waals surface area contributed by atoms with Gasteiger partial charge in [-0.2, -0.15) is 0 Å². The average Bonchev–Trinajstić information content (AvgIpc) is 2.75. The number of hydrazine groups is 1. The summed E-state index contributed by atoms with van der Waals surface area (Å²) in [5.74, 6) is 0.872. The normalized spacial score (nSPS) is 16.4. The van der Waals surface area contributed by atoms with Crippen LogP contribution in [0.25, 0.3) is 10.9 Å². The lowest BCUT2D eigenvalue weighted by atomic mass is 10.1. The fourth-order valence-electron chi connectivity index (χ4n) is 2.54. The molecule has 0 spiro atoms. The number of ether oxygens (including phenoxy) is 1. The van der Waals surface area contributed by atoms with Crippen LogP contribution in [0.2, 0.25) is 0 Å². The second-order valence-corrected chi connectivity index (χ2v) is 4.83. The molecule has 2 heterocycles. The van der Waals surface area contributed by atoms with Crippen LogP contribution in [-0.2, 0) is 0 Å². The van der Waals surface area contributed by atoms with Crippen molar-refractivity contribution >= 4 is 16.6 Å². The van der Waals surface area contributed by atoms with Crippen molar-refractivity contribution in [3.05, 3.63) is 30.5 Å². The first-order valence-corrected chi connectivity index (χ1v) is 6.82. The van der Waals surface area contributed by atoms with Gasteiger partial charge in [-0.1, -0.05) is 6.42 Å². The summed E-state index contributed by atoms with van der Waals surface area (Å²) in [4.78, 5) is 4.43. The fraction of sp³-hybridized carbons (Fsp3) is 0.400. The number of pyridine rings is 1. The molecule has 0 aliphatic carbocycles. The summed E-state index contributed by atoms with van der Waals surface area (Å²) in [5.41, 5.74) is 5.68. The minimum Gasteiger partial charge on any atom is -0.497 e. The van der Waals surface area contributed by atoms with E-state index in [0.29, 0.717) is 0 Å². The molecule has 1 saturated heterocycles. The quantitative estimate of drug-likeness (QED) is 0.897. The maximum Gasteiger partial charge on any atom is 0.119 e. The van der Waals surface area contributed by atoms with E-state index in [1.54, 1.807) is 7.11 Å². The molecule has 19 heavy (non-hydrogen) atoms. The van der Waals surface area contributed by atoms with Crippen LogP contribution in [0, 0.1) is 0 Å². The van der Waals surface area contributed by atoms with E-state index in [-0.39, 0.29) is 0 Å². The number of hydrogen-bond donors (Lipinski definition) is 1. The molecular formula is C15H19N3O. The Morgan fingerprint density at radius 1 is 1.21 bits per heavy atom. The molecule has 1 aromatic heterocycles. The molecular weight excluding hydrogens is 238 g/mol. The highest BCUT2D eigenvalue weighted by molar-refractivity contribution is 5.92. The third-order valence-electron chi connectivity index (χ3n) is 3.58. The first-order valence-electron chi connectivity index (χ1n) is 6.82. The van der Waals surface area contributed by atoms with Crippen molar-refractivity contribution in [3.63, 3.8) is 0 Å². The van der Waals surface area contributed by atoms with Crippen LogP contribution in [-0.4, -0.2) is 25.2 Å². The molecule has 1 aliphatic heterocycles. The van der Waals surface area contributed by atoms with Crippen LogP contribution >= 0.6 is 0 Å². The number of aromatic nitrogens is 1. The van der Waals surface area contributed by atoms with Gasteiger partial charge in [0.05, 0.1) is 18.3 Å². The lowest BCUT2D eigenvalue weighted by molar-refractivity contribution is 0.415. The van der Waals surface area contributed by atoms with Crippen molar-refractivity contribution in [2.24, 2.45) is 0 Å². The van der Waals surface area contributed by atoms with Gasteiger partial charge in [-0.05, 0) is 37.1 Å². The van der Waals surface area contributed by atoms with Gasteiger partial charge in [0, 0.05) is 24.7 Å². The third-order valence-corrected chi connectivity index (χ3v) is 3.58. The van der Waals surface area contributed by atoms with E-state index in [1.807, 2.05) is 18.3 Å². The molecule has 0 amide bonds. The summed E-state index contributed by atoms with van der Waals surface area (Å²) in [6.45, 7) is 2.07. The topological polar surface area (TPSA) is 37.4 Å². The minimum atomic E-state index is 0.872. The second kappa shape index (κ2) is 5.45. The molecule has 4 nitrogen and oxygen atoms in total. The zero-order valence-corrected chi connectivity index (χ0v) is 11.2. The molecule has 2 aromatic rings. The van der Waals surface area contributed by atoms with E-state index in [0.717, 1.165) is 29.7 Å². The Morgan fingerprint density at radius 2 is 2.16 bits per heavy atom. The number of hydrogen-bond acceptors (Lipinski definition) is 4. The lowest BCUT2D eigenvalue weighted by Gasteiger charge is -2.24. The SMILES string of the molecule is COc1ccc2nccc(N3CCCCCN3)c2c1. The standard InChI is InChI=1S/C15H19N3O/c1-19-12-5-6-14-13(11-12)15(7-9-16-14)18-10-4-2-3-8-17-18/h5-7,9,11,17H,2-4,8,10H2,1H3. The molecule has 0 bridgehead atoms. The van der Waals surface area contributed by atoms with E-state index in [2.05, 4.69) is 27.6 Å². The van der Waals surface area contributed by atoms with Gasteiger partial charge in [0.15, 0.2) is 0 Å². The molecule has 0 unspecified atom stereocenters. The van der Waals surface area contributed by atoms with E-state index < -0.39 is 0 Å². The Hall–Kier alpha value is -1.81. The first-order chi connectivity index (χ1) is 9.38. The molecule has 100 valence electrons. The van der Waals surface area contributed by atoms with E-state index in [1.165, 1.54) is 24.9 Å². The van der Waals surface area contributed by atoms with Gasteiger partial charge in [0.1, 0.15) is 5.75 Å². The number of methoxy groups -OCH3 is 1. The van der Waals surface area contributed by atoms with Crippen molar-refractivity contribution in [1.29, 1.82) is 0 Å². The number of rotatable bonds is 2. The monoisotopic (exact) mass is 257 g/mol. The second-order valence-electron chi connectivity index (χ2n) is 4.83. The summed E-state index contributed by atoms with van der Waals surface area (Å²) >= 11 is 0. The van der Waals surface area contributed by atoms with Crippen LogP contribution in [0.3, 0.4) is 0 Å². The van der Waals surface area contributed by atoms with Crippen molar-refractivity contribution in [2.75, 3.05) is 25.2 Å². The van der Waals surface area contributed by atoms with Gasteiger partial charge in [-0.15, -0.1) is 0 Å². The van der Waals surface area contributed by atoms with Crippen LogP contribution in [0.5, 0.6) is 5.75 Å². The van der Waals surface area contributed by atoms with Crippen molar-refractivity contribution in [2.45, 2.75) is 19.3 Å². The lowest BCUT2D eigenvalue weighted by Crippen LogP contribution is -2.37. The maximum absolute atomic E-state index is 5.32.